The lowest BCUT2D eigenvalue weighted by molar-refractivity contribution is -0.0923. The van der Waals surface area contributed by atoms with Crippen LogP contribution >= 0.6 is 0 Å². The van der Waals surface area contributed by atoms with E-state index in [2.05, 4.69) is 5.32 Å². The molecule has 5 nitrogen and oxygen atoms in total. The molecule has 11 heavy (non-hydrogen) atoms. The first-order chi connectivity index (χ1) is 5.16. The normalized spacial score (nSPS) is 45.8. The molecule has 1 rings (SSSR count). The maximum absolute atomic E-state index is 9.26. The van der Waals surface area contributed by atoms with Gasteiger partial charge >= 0.3 is 0 Å². The number of β-amino-alcohol motifs (C(OH)–C–C–N with tert-alkyl or cyclic N) is 1. The van der Waals surface area contributed by atoms with Crippen molar-refractivity contribution in [3.05, 3.63) is 0 Å². The van der Waals surface area contributed by atoms with Crippen LogP contribution in [0, 0.1) is 0 Å². The number of hydrogen-bond acceptors (Lipinski definition) is 5. The van der Waals surface area contributed by atoms with Crippen molar-refractivity contribution in [2.45, 2.75) is 24.4 Å². The van der Waals surface area contributed by atoms with Gasteiger partial charge in [-0.25, -0.2) is 0 Å². The summed E-state index contributed by atoms with van der Waals surface area (Å²) in [5.74, 6) is 0. The lowest BCUT2D eigenvalue weighted by Crippen LogP contribution is -2.61. The molecule has 1 saturated heterocycles. The fourth-order valence-electron chi connectivity index (χ4n) is 1.20. The van der Waals surface area contributed by atoms with E-state index in [9.17, 15) is 5.11 Å². The molecule has 1 heterocycles. The van der Waals surface area contributed by atoms with E-state index < -0.39 is 18.3 Å². The van der Waals surface area contributed by atoms with E-state index in [1.165, 1.54) is 0 Å². The molecule has 1 fully saturated rings. The Morgan fingerprint density at radius 3 is 2.45 bits per heavy atom. The predicted octanol–water partition coefficient (Wildman–Crippen LogP) is -3.00. The van der Waals surface area contributed by atoms with E-state index >= 15 is 0 Å². The molecule has 5 heteroatoms. The van der Waals surface area contributed by atoms with Gasteiger partial charge in [0, 0.05) is 19.1 Å². The minimum Gasteiger partial charge on any atom is -0.389 e. The highest BCUT2D eigenvalue weighted by molar-refractivity contribution is 4.92. The summed E-state index contributed by atoms with van der Waals surface area (Å²) >= 11 is 0. The summed E-state index contributed by atoms with van der Waals surface area (Å²) in [4.78, 5) is 0. The minimum atomic E-state index is -1.08. The summed E-state index contributed by atoms with van der Waals surface area (Å²) in [6.07, 6.45) is -2.94. The largest absolute Gasteiger partial charge is 0.389 e. The van der Waals surface area contributed by atoms with Crippen LogP contribution in [0.1, 0.15) is 0 Å². The van der Waals surface area contributed by atoms with E-state index in [0.29, 0.717) is 0 Å². The van der Waals surface area contributed by atoms with Gasteiger partial charge in [-0.3, -0.25) is 0 Å². The number of aliphatic hydroxyl groups is 3. The molecular weight excluding hydrogens is 148 g/mol. The highest BCUT2D eigenvalue weighted by atomic mass is 16.4. The molecule has 0 spiro atoms. The van der Waals surface area contributed by atoms with Gasteiger partial charge in [-0.15, -0.1) is 0 Å². The Labute approximate surface area is 64.8 Å². The molecule has 0 aromatic rings. The molecule has 0 aromatic heterocycles. The number of piperidine rings is 1. The second-order valence-corrected chi connectivity index (χ2v) is 2.80. The first-order valence-electron chi connectivity index (χ1n) is 3.64. The van der Waals surface area contributed by atoms with Gasteiger partial charge in [0.1, 0.15) is 6.10 Å². The summed E-state index contributed by atoms with van der Waals surface area (Å²) in [7, 11) is 0. The summed E-state index contributed by atoms with van der Waals surface area (Å²) in [5, 5.41) is 30.3. The second kappa shape index (κ2) is 3.46. The van der Waals surface area contributed by atoms with Gasteiger partial charge in [-0.05, 0) is 0 Å². The Bertz CT molecular complexity index is 131. The Morgan fingerprint density at radius 2 is 1.91 bits per heavy atom. The van der Waals surface area contributed by atoms with E-state index in [4.69, 9.17) is 15.9 Å². The summed E-state index contributed by atoms with van der Waals surface area (Å²) < 4.78 is 0. The number of nitrogens with one attached hydrogen (secondary N) is 1. The van der Waals surface area contributed by atoms with Gasteiger partial charge in [-0.2, -0.15) is 0 Å². The molecule has 0 saturated carbocycles. The van der Waals surface area contributed by atoms with Crippen LogP contribution in [-0.2, 0) is 0 Å². The van der Waals surface area contributed by atoms with Crippen molar-refractivity contribution in [3.8, 4) is 0 Å². The van der Waals surface area contributed by atoms with Crippen LogP contribution in [-0.4, -0.2) is 52.8 Å². The van der Waals surface area contributed by atoms with Crippen LogP contribution in [0.15, 0.2) is 0 Å². The summed E-state index contributed by atoms with van der Waals surface area (Å²) in [6.45, 7) is 0.533. The third-order valence-corrected chi connectivity index (χ3v) is 2.00. The van der Waals surface area contributed by atoms with Crippen LogP contribution in [0.5, 0.6) is 0 Å². The summed E-state index contributed by atoms with van der Waals surface area (Å²) in [5.41, 5.74) is 5.29. The standard InChI is InChI=1S/C6H14N2O3/c7-1-3-5(10)6(11)4(9)2-8-3/h3-6,8-11H,1-2,7H2/t3-,4-,5-,6-/m1/s1. The van der Waals surface area contributed by atoms with Crippen molar-refractivity contribution in [1.82, 2.24) is 5.32 Å². The van der Waals surface area contributed by atoms with Crippen molar-refractivity contribution >= 4 is 0 Å². The topological polar surface area (TPSA) is 98.7 Å². The molecule has 1 aliphatic heterocycles. The Hall–Kier alpha value is -0.200. The smallest absolute Gasteiger partial charge is 0.109 e. The lowest BCUT2D eigenvalue weighted by atomic mass is 9.96. The second-order valence-electron chi connectivity index (χ2n) is 2.80. The molecule has 0 radical (unpaired) electrons. The zero-order valence-corrected chi connectivity index (χ0v) is 6.14. The van der Waals surface area contributed by atoms with Crippen LogP contribution in [0.3, 0.4) is 0 Å². The van der Waals surface area contributed by atoms with E-state index in [1.807, 2.05) is 0 Å². The molecule has 0 aliphatic carbocycles. The van der Waals surface area contributed by atoms with Crippen molar-refractivity contribution in [2.24, 2.45) is 5.73 Å². The van der Waals surface area contributed by atoms with Crippen molar-refractivity contribution < 1.29 is 15.3 Å². The SMILES string of the molecule is NC[C@H]1NC[C@@H](O)[C@@H](O)[C@@H]1O. The number of hydrogen-bond donors (Lipinski definition) is 5. The van der Waals surface area contributed by atoms with E-state index in [1.54, 1.807) is 0 Å². The molecular formula is C6H14N2O3. The zero-order valence-electron chi connectivity index (χ0n) is 6.14. The van der Waals surface area contributed by atoms with Gasteiger partial charge in [0.2, 0.25) is 0 Å². The molecule has 0 bridgehead atoms. The maximum Gasteiger partial charge on any atom is 0.109 e. The highest BCUT2D eigenvalue weighted by Crippen LogP contribution is 2.09. The average molecular weight is 162 g/mol. The van der Waals surface area contributed by atoms with Crippen molar-refractivity contribution in [1.29, 1.82) is 0 Å². The Balaban J connectivity index is 2.52. The monoisotopic (exact) mass is 162 g/mol. The predicted molar refractivity (Wildman–Crippen MR) is 38.9 cm³/mol. The lowest BCUT2D eigenvalue weighted by Gasteiger charge is -2.35. The number of rotatable bonds is 1. The molecule has 0 amide bonds. The fourth-order valence-corrected chi connectivity index (χ4v) is 1.20. The molecule has 0 unspecified atom stereocenters. The highest BCUT2D eigenvalue weighted by Gasteiger charge is 2.35. The third-order valence-electron chi connectivity index (χ3n) is 2.00. The van der Waals surface area contributed by atoms with Gasteiger partial charge in [0.05, 0.1) is 12.2 Å². The number of nitrogens with two attached hydrogens (primary N) is 1. The van der Waals surface area contributed by atoms with E-state index in [-0.39, 0.29) is 19.1 Å². The van der Waals surface area contributed by atoms with Crippen molar-refractivity contribution in [3.63, 3.8) is 0 Å². The average Bonchev–Trinajstić information content (AvgIpc) is 2.01. The van der Waals surface area contributed by atoms with Crippen LogP contribution in [0.4, 0.5) is 0 Å². The minimum absolute atomic E-state index is 0.255. The van der Waals surface area contributed by atoms with Gasteiger partial charge in [0.25, 0.3) is 0 Å². The first-order valence-corrected chi connectivity index (χ1v) is 3.64. The van der Waals surface area contributed by atoms with Crippen LogP contribution in [0.25, 0.3) is 0 Å². The van der Waals surface area contributed by atoms with Gasteiger partial charge in [0.15, 0.2) is 0 Å². The molecule has 0 aromatic carbocycles. The zero-order chi connectivity index (χ0) is 8.43. The first kappa shape index (κ1) is 8.89. The third kappa shape index (κ3) is 1.69. The summed E-state index contributed by atoms with van der Waals surface area (Å²) in [6, 6.07) is -0.312. The van der Waals surface area contributed by atoms with E-state index in [0.717, 1.165) is 0 Å². The molecule has 4 atom stereocenters. The number of aliphatic hydroxyl groups excluding tert-OH is 3. The van der Waals surface area contributed by atoms with Crippen molar-refractivity contribution in [2.75, 3.05) is 13.1 Å². The quantitative estimate of drug-likeness (QED) is 0.283. The molecule has 6 N–H and O–H groups in total. The molecule has 66 valence electrons. The fraction of sp³-hybridized carbons (Fsp3) is 1.00. The van der Waals surface area contributed by atoms with Gasteiger partial charge in [-0.1, -0.05) is 0 Å². The van der Waals surface area contributed by atoms with Gasteiger partial charge < -0.3 is 26.4 Å². The maximum atomic E-state index is 9.26. The Kier molecular flexibility index (Phi) is 2.80. The van der Waals surface area contributed by atoms with Crippen LogP contribution < -0.4 is 11.1 Å². The Morgan fingerprint density at radius 1 is 1.27 bits per heavy atom. The van der Waals surface area contributed by atoms with Crippen LogP contribution in [0.2, 0.25) is 0 Å². The molecule has 1 aliphatic rings.